The number of thiazole rings is 1. The summed E-state index contributed by atoms with van der Waals surface area (Å²) in [7, 11) is -1.25. The summed E-state index contributed by atoms with van der Waals surface area (Å²) < 4.78 is 1.24. The van der Waals surface area contributed by atoms with Crippen molar-refractivity contribution in [2.24, 2.45) is 0 Å². The van der Waals surface area contributed by atoms with E-state index in [-0.39, 0.29) is 0 Å². The first-order valence-electron chi connectivity index (χ1n) is 3.92. The van der Waals surface area contributed by atoms with Crippen molar-refractivity contribution >= 4 is 30.3 Å². The predicted octanol–water partition coefficient (Wildman–Crippen LogP) is 1.43. The molecular formula is C8H13NOSSi. The van der Waals surface area contributed by atoms with Crippen molar-refractivity contribution in [1.29, 1.82) is 0 Å². The van der Waals surface area contributed by atoms with Crippen LogP contribution in [0, 0.1) is 0 Å². The van der Waals surface area contributed by atoms with Crippen molar-refractivity contribution in [2.45, 2.75) is 26.1 Å². The Bertz CT molecular complexity index is 277. The third-order valence-electron chi connectivity index (χ3n) is 1.49. The Hall–Kier alpha value is -0.483. The van der Waals surface area contributed by atoms with Gasteiger partial charge in [0.25, 0.3) is 0 Å². The number of hydrogen-bond acceptors (Lipinski definition) is 3. The van der Waals surface area contributed by atoms with Gasteiger partial charge in [0.15, 0.2) is 0 Å². The molecule has 1 rings (SSSR count). The molecule has 66 valence electrons. The minimum absolute atomic E-state index is 0.459. The van der Waals surface area contributed by atoms with Crippen LogP contribution in [-0.4, -0.2) is 19.3 Å². The molecule has 0 aliphatic rings. The molecule has 0 radical (unpaired) electrons. The molecule has 1 heterocycles. The van der Waals surface area contributed by atoms with E-state index in [0.29, 0.717) is 6.42 Å². The Labute approximate surface area is 77.7 Å². The molecule has 0 saturated carbocycles. The molecule has 0 saturated heterocycles. The molecule has 1 aromatic rings. The zero-order valence-electron chi connectivity index (χ0n) is 7.63. The summed E-state index contributed by atoms with van der Waals surface area (Å²) in [5, 5.41) is 1.99. The van der Waals surface area contributed by atoms with Crippen LogP contribution in [0.5, 0.6) is 0 Å². The first kappa shape index (κ1) is 9.60. The van der Waals surface area contributed by atoms with Gasteiger partial charge in [0, 0.05) is 11.8 Å². The van der Waals surface area contributed by atoms with E-state index in [2.05, 4.69) is 24.6 Å². The Morgan fingerprint density at radius 3 is 2.67 bits per heavy atom. The molecule has 2 nitrogen and oxygen atoms in total. The average molecular weight is 199 g/mol. The van der Waals surface area contributed by atoms with Gasteiger partial charge in [-0.05, 0) is 0 Å². The van der Waals surface area contributed by atoms with Gasteiger partial charge in [-0.15, -0.1) is 11.3 Å². The molecule has 0 spiro atoms. The molecule has 0 bridgehead atoms. The third kappa shape index (κ3) is 2.25. The van der Waals surface area contributed by atoms with E-state index in [1.54, 1.807) is 11.3 Å². The lowest BCUT2D eigenvalue weighted by molar-refractivity contribution is -0.107. The maximum atomic E-state index is 10.2. The summed E-state index contributed by atoms with van der Waals surface area (Å²) in [5.74, 6) is 0. The van der Waals surface area contributed by atoms with Gasteiger partial charge in [0.1, 0.15) is 14.4 Å². The van der Waals surface area contributed by atoms with E-state index in [1.165, 1.54) is 4.63 Å². The molecule has 0 unspecified atom stereocenters. The molecule has 0 atom stereocenters. The van der Waals surface area contributed by atoms with Gasteiger partial charge in [-0.2, -0.15) is 0 Å². The monoisotopic (exact) mass is 199 g/mol. The van der Waals surface area contributed by atoms with E-state index in [4.69, 9.17) is 0 Å². The lowest BCUT2D eigenvalue weighted by Gasteiger charge is -2.10. The van der Waals surface area contributed by atoms with Crippen molar-refractivity contribution in [1.82, 2.24) is 4.98 Å². The topological polar surface area (TPSA) is 30.0 Å². The van der Waals surface area contributed by atoms with Gasteiger partial charge in [0.05, 0.1) is 10.3 Å². The van der Waals surface area contributed by atoms with Gasteiger partial charge >= 0.3 is 0 Å². The Morgan fingerprint density at radius 1 is 1.58 bits per heavy atom. The molecule has 0 fully saturated rings. The summed E-state index contributed by atoms with van der Waals surface area (Å²) in [5.41, 5.74) is 0.924. The maximum Gasteiger partial charge on any atom is 0.125 e. The molecule has 0 N–H and O–H groups in total. The number of aldehydes is 1. The molecular weight excluding hydrogens is 186 g/mol. The third-order valence-corrected chi connectivity index (χ3v) is 5.78. The summed E-state index contributed by atoms with van der Waals surface area (Å²) in [6, 6.07) is 0. The number of nitrogens with zero attached hydrogens (tertiary/aromatic N) is 1. The quantitative estimate of drug-likeness (QED) is 0.544. The summed E-state index contributed by atoms with van der Waals surface area (Å²) in [6.45, 7) is 6.78. The normalized spacial score (nSPS) is 11.6. The zero-order chi connectivity index (χ0) is 9.19. The van der Waals surface area contributed by atoms with Crippen LogP contribution in [0.15, 0.2) is 5.38 Å². The van der Waals surface area contributed by atoms with E-state index in [0.717, 1.165) is 12.0 Å². The molecule has 0 aromatic carbocycles. The molecule has 0 aliphatic heterocycles. The molecule has 4 heteroatoms. The fraction of sp³-hybridized carbons (Fsp3) is 0.500. The Morgan fingerprint density at radius 2 is 2.25 bits per heavy atom. The van der Waals surface area contributed by atoms with Crippen LogP contribution < -0.4 is 4.63 Å². The van der Waals surface area contributed by atoms with E-state index < -0.39 is 8.07 Å². The maximum absolute atomic E-state index is 10.2. The van der Waals surface area contributed by atoms with Crippen LogP contribution in [0.2, 0.25) is 19.6 Å². The second kappa shape index (κ2) is 3.49. The highest BCUT2D eigenvalue weighted by Gasteiger charge is 2.20. The first-order chi connectivity index (χ1) is 5.54. The summed E-state index contributed by atoms with van der Waals surface area (Å²) >= 11 is 1.69. The zero-order valence-corrected chi connectivity index (χ0v) is 9.44. The second-order valence-electron chi connectivity index (χ2n) is 3.76. The first-order valence-corrected chi connectivity index (χ1v) is 8.30. The van der Waals surface area contributed by atoms with Crippen LogP contribution in [0.25, 0.3) is 0 Å². The Kier molecular flexibility index (Phi) is 2.79. The molecule has 0 aliphatic carbocycles. The molecule has 0 amide bonds. The van der Waals surface area contributed by atoms with E-state index in [9.17, 15) is 4.79 Å². The van der Waals surface area contributed by atoms with Crippen LogP contribution in [0.4, 0.5) is 0 Å². The van der Waals surface area contributed by atoms with E-state index >= 15 is 0 Å². The Balaban J connectivity index is 2.84. The van der Waals surface area contributed by atoms with Crippen LogP contribution >= 0.6 is 11.3 Å². The van der Waals surface area contributed by atoms with Crippen molar-refractivity contribution in [3.8, 4) is 0 Å². The van der Waals surface area contributed by atoms with Crippen molar-refractivity contribution in [2.75, 3.05) is 0 Å². The van der Waals surface area contributed by atoms with Gasteiger partial charge < -0.3 is 4.79 Å². The van der Waals surface area contributed by atoms with Gasteiger partial charge in [-0.3, -0.25) is 4.98 Å². The highest BCUT2D eigenvalue weighted by molar-refractivity contribution is 7.24. The van der Waals surface area contributed by atoms with Crippen LogP contribution in [0.1, 0.15) is 5.69 Å². The second-order valence-corrected chi connectivity index (χ2v) is 9.96. The van der Waals surface area contributed by atoms with Crippen molar-refractivity contribution in [3.05, 3.63) is 11.1 Å². The molecule has 12 heavy (non-hydrogen) atoms. The lowest BCUT2D eigenvalue weighted by atomic mass is 10.4. The highest BCUT2D eigenvalue weighted by atomic mass is 32.1. The van der Waals surface area contributed by atoms with Crippen LogP contribution in [-0.2, 0) is 11.2 Å². The minimum Gasteiger partial charge on any atom is -0.303 e. The SMILES string of the molecule is C[Si](C)(C)c1nc(CC=O)cs1. The van der Waals surface area contributed by atoms with Gasteiger partial charge in [-0.1, -0.05) is 19.6 Å². The number of carbonyl (C=O) groups excluding carboxylic acids is 1. The van der Waals surface area contributed by atoms with Crippen molar-refractivity contribution < 1.29 is 4.79 Å². The summed E-state index contributed by atoms with van der Waals surface area (Å²) in [4.78, 5) is 14.6. The molecule has 1 aromatic heterocycles. The van der Waals surface area contributed by atoms with E-state index in [1.807, 2.05) is 5.38 Å². The number of carbonyl (C=O) groups is 1. The summed E-state index contributed by atoms with van der Waals surface area (Å²) in [6.07, 6.45) is 1.37. The fourth-order valence-electron chi connectivity index (χ4n) is 0.831. The number of aromatic nitrogens is 1. The average Bonchev–Trinajstić information content (AvgIpc) is 2.35. The predicted molar refractivity (Wildman–Crippen MR) is 54.9 cm³/mol. The fourth-order valence-corrected chi connectivity index (χ4v) is 3.47. The number of hydrogen-bond donors (Lipinski definition) is 0. The highest BCUT2D eigenvalue weighted by Crippen LogP contribution is 2.07. The van der Waals surface area contributed by atoms with Gasteiger partial charge in [0.2, 0.25) is 0 Å². The standard InChI is InChI=1S/C8H13NOSSi/c1-12(2,3)8-9-7(4-5-10)6-11-8/h5-6H,4H2,1-3H3. The smallest absolute Gasteiger partial charge is 0.125 e. The lowest BCUT2D eigenvalue weighted by Crippen LogP contribution is -2.37. The minimum atomic E-state index is -1.25. The van der Waals surface area contributed by atoms with Crippen molar-refractivity contribution in [3.63, 3.8) is 0 Å². The van der Waals surface area contributed by atoms with Gasteiger partial charge in [-0.25, -0.2) is 0 Å². The number of rotatable bonds is 3. The van der Waals surface area contributed by atoms with Crippen LogP contribution in [0.3, 0.4) is 0 Å². The largest absolute Gasteiger partial charge is 0.303 e.